The molecule has 0 aliphatic heterocycles. The Morgan fingerprint density at radius 3 is 2.68 bits per heavy atom. The van der Waals surface area contributed by atoms with Gasteiger partial charge in [0.05, 0.1) is 33.9 Å². The number of fused-ring (bicyclic) bond motifs is 1. The van der Waals surface area contributed by atoms with Crippen LogP contribution < -0.4 is 5.32 Å². The highest BCUT2D eigenvalue weighted by Gasteiger charge is 2.17. The molecule has 0 atom stereocenters. The number of esters is 1. The van der Waals surface area contributed by atoms with Gasteiger partial charge in [0.1, 0.15) is 12.4 Å². The Kier molecular flexibility index (Phi) is 6.03. The van der Waals surface area contributed by atoms with E-state index in [0.717, 1.165) is 22.6 Å². The lowest BCUT2D eigenvalue weighted by atomic mass is 10.3. The summed E-state index contributed by atoms with van der Waals surface area (Å²) < 4.78 is 8.71. The molecule has 1 aromatic carbocycles. The number of thioether (sulfide) groups is 1. The number of ether oxygens (including phenoxy) is 1. The minimum atomic E-state index is -0.486. The maximum absolute atomic E-state index is 12.3. The Balaban J connectivity index is 1.64. The van der Waals surface area contributed by atoms with Crippen LogP contribution in [0.5, 0.6) is 0 Å². The van der Waals surface area contributed by atoms with Crippen molar-refractivity contribution in [3.8, 4) is 0 Å². The van der Waals surface area contributed by atoms with E-state index < -0.39 is 11.9 Å². The molecule has 0 bridgehead atoms. The van der Waals surface area contributed by atoms with E-state index in [1.165, 1.54) is 0 Å². The Labute approximate surface area is 167 Å². The second-order valence-corrected chi connectivity index (χ2v) is 7.28. The second-order valence-electron chi connectivity index (χ2n) is 6.41. The maximum Gasteiger partial charge on any atom is 0.326 e. The lowest BCUT2D eigenvalue weighted by Crippen LogP contribution is -2.23. The topological polar surface area (TPSA) is 91.0 Å². The van der Waals surface area contributed by atoms with Gasteiger partial charge in [-0.05, 0) is 32.2 Å². The van der Waals surface area contributed by atoms with Crippen LogP contribution in [0.1, 0.15) is 17.2 Å². The van der Waals surface area contributed by atoms with E-state index in [1.807, 2.05) is 48.9 Å². The van der Waals surface area contributed by atoms with E-state index >= 15 is 0 Å². The number of nitrogens with zero attached hydrogens (tertiary/aromatic N) is 4. The average molecular weight is 401 g/mol. The van der Waals surface area contributed by atoms with E-state index in [1.54, 1.807) is 23.5 Å². The molecule has 1 amide bonds. The minimum absolute atomic E-state index is 0.00857. The summed E-state index contributed by atoms with van der Waals surface area (Å²) in [6.07, 6.45) is 1.98. The molecule has 9 heteroatoms. The third-order valence-electron chi connectivity index (χ3n) is 4.43. The Hall–Kier alpha value is -2.81. The highest BCUT2D eigenvalue weighted by atomic mass is 32.2. The van der Waals surface area contributed by atoms with Gasteiger partial charge in [-0.1, -0.05) is 12.1 Å². The summed E-state index contributed by atoms with van der Waals surface area (Å²) in [4.78, 5) is 29.1. The molecule has 0 saturated carbocycles. The van der Waals surface area contributed by atoms with Crippen LogP contribution in [0.3, 0.4) is 0 Å². The molecule has 8 nitrogen and oxygen atoms in total. The summed E-state index contributed by atoms with van der Waals surface area (Å²) in [5.74, 6) is 0.603. The zero-order chi connectivity index (χ0) is 20.3. The molecular weight excluding hydrogens is 378 g/mol. The zero-order valence-electron chi connectivity index (χ0n) is 16.4. The van der Waals surface area contributed by atoms with Gasteiger partial charge >= 0.3 is 5.97 Å². The fourth-order valence-electron chi connectivity index (χ4n) is 2.99. The molecule has 3 rings (SSSR count). The number of hydrogen-bond donors (Lipinski definition) is 1. The van der Waals surface area contributed by atoms with Gasteiger partial charge in [-0.25, -0.2) is 4.98 Å². The van der Waals surface area contributed by atoms with Crippen LogP contribution in [-0.2, 0) is 33.7 Å². The number of nitrogens with one attached hydrogen (secondary N) is 1. The summed E-state index contributed by atoms with van der Waals surface area (Å²) in [5, 5.41) is 7.00. The third-order valence-corrected chi connectivity index (χ3v) is 4.98. The molecule has 2 heterocycles. The highest BCUT2D eigenvalue weighted by molar-refractivity contribution is 7.97. The van der Waals surface area contributed by atoms with Crippen molar-refractivity contribution in [1.29, 1.82) is 0 Å². The van der Waals surface area contributed by atoms with Gasteiger partial charge in [-0.15, -0.1) is 0 Å². The molecule has 0 aliphatic carbocycles. The predicted molar refractivity (Wildman–Crippen MR) is 109 cm³/mol. The van der Waals surface area contributed by atoms with E-state index in [0.29, 0.717) is 17.1 Å². The van der Waals surface area contributed by atoms with E-state index in [4.69, 9.17) is 4.74 Å². The number of carbonyl (C=O) groups excluding carboxylic acids is 2. The Morgan fingerprint density at radius 1 is 1.25 bits per heavy atom. The summed E-state index contributed by atoms with van der Waals surface area (Å²) in [5.41, 5.74) is 3.90. The minimum Gasteiger partial charge on any atom is -0.454 e. The third kappa shape index (κ3) is 4.19. The summed E-state index contributed by atoms with van der Waals surface area (Å²) >= 11 is 1.63. The SMILES string of the molecule is CSCc1nc2ccccc2n1CC(=O)OCC(=O)Nc1c(C)nn(C)c1C. The number of benzene rings is 1. The number of rotatable bonds is 7. The van der Waals surface area contributed by atoms with Crippen LogP contribution in [0.25, 0.3) is 11.0 Å². The van der Waals surface area contributed by atoms with Crippen molar-refractivity contribution in [2.45, 2.75) is 26.1 Å². The summed E-state index contributed by atoms with van der Waals surface area (Å²) in [7, 11) is 1.81. The number of imidazole rings is 1. The molecule has 0 saturated heterocycles. The number of carbonyl (C=O) groups is 2. The number of aryl methyl sites for hydroxylation is 2. The largest absolute Gasteiger partial charge is 0.454 e. The quantitative estimate of drug-likeness (QED) is 0.612. The lowest BCUT2D eigenvalue weighted by Gasteiger charge is -2.10. The van der Waals surface area contributed by atoms with Gasteiger partial charge < -0.3 is 14.6 Å². The first-order valence-corrected chi connectivity index (χ1v) is 10.2. The average Bonchev–Trinajstić information content (AvgIpc) is 3.12. The number of anilines is 1. The Morgan fingerprint density at radius 2 is 2.00 bits per heavy atom. The van der Waals surface area contributed by atoms with Gasteiger partial charge in [-0.2, -0.15) is 16.9 Å². The fourth-order valence-corrected chi connectivity index (χ4v) is 3.47. The van der Waals surface area contributed by atoms with Crippen LogP contribution in [-0.4, -0.2) is 44.1 Å². The summed E-state index contributed by atoms with van der Waals surface area (Å²) in [6, 6.07) is 7.64. The predicted octanol–water partition coefficient (Wildman–Crippen LogP) is 2.43. The summed E-state index contributed by atoms with van der Waals surface area (Å²) in [6.45, 7) is 3.33. The maximum atomic E-state index is 12.3. The van der Waals surface area contributed by atoms with E-state index in [2.05, 4.69) is 15.4 Å². The Bertz CT molecular complexity index is 1020. The van der Waals surface area contributed by atoms with Crippen LogP contribution in [0, 0.1) is 13.8 Å². The lowest BCUT2D eigenvalue weighted by molar-refractivity contribution is -0.147. The van der Waals surface area contributed by atoms with Gasteiger partial charge in [0, 0.05) is 7.05 Å². The molecule has 0 fully saturated rings. The molecule has 0 spiro atoms. The van der Waals surface area contributed by atoms with Crippen molar-refractivity contribution >= 4 is 40.4 Å². The molecule has 148 valence electrons. The van der Waals surface area contributed by atoms with Crippen molar-refractivity contribution in [3.63, 3.8) is 0 Å². The first-order chi connectivity index (χ1) is 13.4. The molecule has 1 N–H and O–H groups in total. The van der Waals surface area contributed by atoms with Crippen LogP contribution in [0.15, 0.2) is 24.3 Å². The standard InChI is InChI=1S/C19H23N5O3S/c1-12-19(13(2)23(3)22-12)21-17(25)10-27-18(26)9-24-15-8-6-5-7-14(15)20-16(24)11-28-4/h5-8H,9-11H2,1-4H3,(H,21,25). The van der Waals surface area contributed by atoms with E-state index in [9.17, 15) is 9.59 Å². The van der Waals surface area contributed by atoms with Crippen molar-refractivity contribution in [1.82, 2.24) is 19.3 Å². The highest BCUT2D eigenvalue weighted by Crippen LogP contribution is 2.20. The molecule has 3 aromatic rings. The second kappa shape index (κ2) is 8.47. The van der Waals surface area contributed by atoms with Crippen LogP contribution >= 0.6 is 11.8 Å². The van der Waals surface area contributed by atoms with Gasteiger partial charge in [0.15, 0.2) is 6.61 Å². The van der Waals surface area contributed by atoms with Gasteiger partial charge in [0.2, 0.25) is 0 Å². The molecule has 2 aromatic heterocycles. The molecule has 0 unspecified atom stereocenters. The number of hydrogen-bond acceptors (Lipinski definition) is 6. The van der Waals surface area contributed by atoms with Crippen molar-refractivity contribution < 1.29 is 14.3 Å². The van der Waals surface area contributed by atoms with Crippen LogP contribution in [0.2, 0.25) is 0 Å². The molecule has 0 radical (unpaired) electrons. The zero-order valence-corrected chi connectivity index (χ0v) is 17.2. The van der Waals surface area contributed by atoms with Gasteiger partial charge in [0.25, 0.3) is 5.91 Å². The molecule has 28 heavy (non-hydrogen) atoms. The first-order valence-electron chi connectivity index (χ1n) is 8.79. The van der Waals surface area contributed by atoms with Crippen molar-refractivity contribution in [2.75, 3.05) is 18.2 Å². The number of amides is 1. The smallest absolute Gasteiger partial charge is 0.326 e. The number of para-hydroxylation sites is 2. The van der Waals surface area contributed by atoms with E-state index in [-0.39, 0.29) is 13.2 Å². The van der Waals surface area contributed by atoms with Crippen molar-refractivity contribution in [2.24, 2.45) is 7.05 Å². The fraction of sp³-hybridized carbons (Fsp3) is 0.368. The van der Waals surface area contributed by atoms with Crippen molar-refractivity contribution in [3.05, 3.63) is 41.5 Å². The first kappa shape index (κ1) is 19.9. The molecular formula is C19H23N5O3S. The van der Waals surface area contributed by atoms with Gasteiger partial charge in [-0.3, -0.25) is 14.3 Å². The van der Waals surface area contributed by atoms with Crippen LogP contribution in [0.4, 0.5) is 5.69 Å². The monoisotopic (exact) mass is 401 g/mol. The normalized spacial score (nSPS) is 11.0. The molecule has 0 aliphatic rings. The number of aromatic nitrogens is 4.